The molecule has 14 heavy (non-hydrogen) atoms. The fourth-order valence-corrected chi connectivity index (χ4v) is 0.759. The first kappa shape index (κ1) is 19.1. The van der Waals surface area contributed by atoms with Crippen molar-refractivity contribution in [1.29, 1.82) is 5.41 Å². The number of carbonyl (C=O) groups is 1. The van der Waals surface area contributed by atoms with Gasteiger partial charge < -0.3 is 9.47 Å². The van der Waals surface area contributed by atoms with Crippen LogP contribution >= 0.6 is 24.8 Å². The molecule has 0 aromatic rings. The summed E-state index contributed by atoms with van der Waals surface area (Å²) in [5.74, 6) is 0.0683. The smallest absolute Gasteiger partial charge is 0.305 e. The number of hydrogen-bond acceptors (Lipinski definition) is 4. The van der Waals surface area contributed by atoms with Crippen LogP contribution in [-0.2, 0) is 14.3 Å². The highest BCUT2D eigenvalue weighted by Crippen LogP contribution is 2.01. The third-order valence-corrected chi connectivity index (χ3v) is 1.51. The Morgan fingerprint density at radius 3 is 2.00 bits per heavy atom. The lowest BCUT2D eigenvalue weighted by atomic mass is 10.2. The average Bonchev–Trinajstić information content (AvgIpc) is 2.11. The molecule has 0 spiro atoms. The van der Waals surface area contributed by atoms with Crippen LogP contribution in [0.15, 0.2) is 0 Å². The SMILES string of the molecule is COC(=N)CCCCC(=O)OC.Cl.Cl. The minimum absolute atomic E-state index is 0. The molecule has 0 bridgehead atoms. The van der Waals surface area contributed by atoms with Crippen LogP contribution in [0.3, 0.4) is 0 Å². The van der Waals surface area contributed by atoms with Gasteiger partial charge in [-0.25, -0.2) is 0 Å². The fraction of sp³-hybridized carbons (Fsp3) is 0.750. The maximum absolute atomic E-state index is 10.6. The van der Waals surface area contributed by atoms with E-state index < -0.39 is 0 Å². The van der Waals surface area contributed by atoms with Gasteiger partial charge in [-0.2, -0.15) is 0 Å². The molecule has 0 aromatic carbocycles. The van der Waals surface area contributed by atoms with Gasteiger partial charge in [0.05, 0.1) is 14.2 Å². The highest BCUT2D eigenvalue weighted by molar-refractivity contribution is 5.85. The van der Waals surface area contributed by atoms with Crippen molar-refractivity contribution in [3.05, 3.63) is 0 Å². The summed E-state index contributed by atoms with van der Waals surface area (Å²) >= 11 is 0. The van der Waals surface area contributed by atoms with Crippen molar-refractivity contribution in [3.63, 3.8) is 0 Å². The van der Waals surface area contributed by atoms with Gasteiger partial charge in [-0.05, 0) is 12.8 Å². The maximum atomic E-state index is 10.6. The molecule has 0 amide bonds. The number of ether oxygens (including phenoxy) is 2. The lowest BCUT2D eigenvalue weighted by molar-refractivity contribution is -0.140. The third-order valence-electron chi connectivity index (χ3n) is 1.51. The van der Waals surface area contributed by atoms with Crippen molar-refractivity contribution in [1.82, 2.24) is 0 Å². The molecule has 0 aliphatic heterocycles. The Bertz CT molecular complexity index is 147. The summed E-state index contributed by atoms with van der Waals surface area (Å²) in [6.07, 6.45) is 2.56. The van der Waals surface area contributed by atoms with Crippen LogP contribution in [0.25, 0.3) is 0 Å². The van der Waals surface area contributed by atoms with Crippen LogP contribution in [-0.4, -0.2) is 26.1 Å². The molecule has 86 valence electrons. The first-order chi connectivity index (χ1) is 5.70. The molecule has 0 heterocycles. The minimum atomic E-state index is -0.195. The molecule has 0 unspecified atom stereocenters. The van der Waals surface area contributed by atoms with E-state index in [2.05, 4.69) is 9.47 Å². The second-order valence-corrected chi connectivity index (χ2v) is 2.41. The summed E-state index contributed by atoms with van der Waals surface area (Å²) in [7, 11) is 2.85. The van der Waals surface area contributed by atoms with E-state index in [-0.39, 0.29) is 36.7 Å². The molecule has 0 aromatic heterocycles. The predicted octanol–water partition coefficient (Wildman–Crippen LogP) is 2.19. The third kappa shape index (κ3) is 11.5. The molecular weight excluding hydrogens is 229 g/mol. The number of halogens is 2. The van der Waals surface area contributed by atoms with Crippen molar-refractivity contribution >= 4 is 36.7 Å². The highest BCUT2D eigenvalue weighted by atomic mass is 35.5. The maximum Gasteiger partial charge on any atom is 0.305 e. The Morgan fingerprint density at radius 1 is 1.07 bits per heavy atom. The number of carbonyl (C=O) groups excluding carboxylic acids is 1. The van der Waals surface area contributed by atoms with E-state index in [1.807, 2.05) is 0 Å². The molecule has 0 aliphatic rings. The number of nitrogens with one attached hydrogen (secondary N) is 1. The van der Waals surface area contributed by atoms with Gasteiger partial charge in [0.2, 0.25) is 0 Å². The quantitative estimate of drug-likeness (QED) is 0.350. The van der Waals surface area contributed by atoms with E-state index in [0.717, 1.165) is 12.8 Å². The normalized spacial score (nSPS) is 7.86. The van der Waals surface area contributed by atoms with E-state index in [1.54, 1.807) is 0 Å². The second-order valence-electron chi connectivity index (χ2n) is 2.41. The summed E-state index contributed by atoms with van der Waals surface area (Å²) in [6, 6.07) is 0. The van der Waals surface area contributed by atoms with Gasteiger partial charge in [-0.15, -0.1) is 24.8 Å². The highest BCUT2D eigenvalue weighted by Gasteiger charge is 2.00. The number of unbranched alkanes of at least 4 members (excludes halogenated alkanes) is 1. The molecular formula is C8H17Cl2NO3. The predicted molar refractivity (Wildman–Crippen MR) is 59.7 cm³/mol. The van der Waals surface area contributed by atoms with Crippen molar-refractivity contribution in [3.8, 4) is 0 Å². The molecule has 0 radical (unpaired) electrons. The van der Waals surface area contributed by atoms with Gasteiger partial charge in [-0.3, -0.25) is 10.2 Å². The number of esters is 1. The molecule has 6 heteroatoms. The van der Waals surface area contributed by atoms with Crippen LogP contribution in [0.4, 0.5) is 0 Å². The lowest BCUT2D eigenvalue weighted by Crippen LogP contribution is -2.02. The van der Waals surface area contributed by atoms with Crippen molar-refractivity contribution in [2.24, 2.45) is 0 Å². The van der Waals surface area contributed by atoms with Gasteiger partial charge in [0.1, 0.15) is 0 Å². The van der Waals surface area contributed by atoms with Gasteiger partial charge in [0.15, 0.2) is 5.90 Å². The van der Waals surface area contributed by atoms with Crippen LogP contribution < -0.4 is 0 Å². The van der Waals surface area contributed by atoms with Gasteiger partial charge >= 0.3 is 5.97 Å². The Balaban J connectivity index is -0.000000605. The zero-order valence-electron chi connectivity index (χ0n) is 8.37. The van der Waals surface area contributed by atoms with E-state index >= 15 is 0 Å². The average molecular weight is 246 g/mol. The number of rotatable bonds is 5. The van der Waals surface area contributed by atoms with Crippen LogP contribution in [0.5, 0.6) is 0 Å². The zero-order valence-corrected chi connectivity index (χ0v) is 10.0. The first-order valence-corrected chi connectivity index (χ1v) is 3.89. The van der Waals surface area contributed by atoms with E-state index in [4.69, 9.17) is 5.41 Å². The van der Waals surface area contributed by atoms with Gasteiger partial charge in [0.25, 0.3) is 0 Å². The molecule has 0 rings (SSSR count). The van der Waals surface area contributed by atoms with Crippen LogP contribution in [0, 0.1) is 5.41 Å². The summed E-state index contributed by atoms with van der Waals surface area (Å²) in [6.45, 7) is 0. The van der Waals surface area contributed by atoms with E-state index in [0.29, 0.717) is 12.8 Å². The number of methoxy groups -OCH3 is 2. The van der Waals surface area contributed by atoms with Crippen LogP contribution in [0.1, 0.15) is 25.7 Å². The molecule has 4 nitrogen and oxygen atoms in total. The molecule has 0 atom stereocenters. The second kappa shape index (κ2) is 12.5. The van der Waals surface area contributed by atoms with Crippen molar-refractivity contribution < 1.29 is 14.3 Å². The summed E-state index contributed by atoms with van der Waals surface area (Å²) in [4.78, 5) is 10.6. The lowest BCUT2D eigenvalue weighted by Gasteiger charge is -2.01. The zero-order chi connectivity index (χ0) is 9.40. The van der Waals surface area contributed by atoms with Gasteiger partial charge in [-0.1, -0.05) is 0 Å². The molecule has 0 saturated carbocycles. The standard InChI is InChI=1S/C8H15NO3.2ClH/c1-11-7(9)5-3-4-6-8(10)12-2;;/h9H,3-6H2,1-2H3;2*1H. The molecule has 1 N–H and O–H groups in total. The van der Waals surface area contributed by atoms with Gasteiger partial charge in [0, 0.05) is 12.8 Å². The Labute approximate surface area is 96.7 Å². The van der Waals surface area contributed by atoms with E-state index in [1.165, 1.54) is 14.2 Å². The van der Waals surface area contributed by atoms with Crippen LogP contribution in [0.2, 0.25) is 0 Å². The number of hydrogen-bond donors (Lipinski definition) is 1. The minimum Gasteiger partial charge on any atom is -0.484 e. The van der Waals surface area contributed by atoms with Crippen molar-refractivity contribution in [2.45, 2.75) is 25.7 Å². The Morgan fingerprint density at radius 2 is 1.57 bits per heavy atom. The van der Waals surface area contributed by atoms with Crippen molar-refractivity contribution in [2.75, 3.05) is 14.2 Å². The Hall–Kier alpha value is -0.480. The topological polar surface area (TPSA) is 59.4 Å². The summed E-state index contributed by atoms with van der Waals surface area (Å²) in [5, 5.41) is 7.13. The largest absolute Gasteiger partial charge is 0.484 e. The molecule has 0 aliphatic carbocycles. The first-order valence-electron chi connectivity index (χ1n) is 3.89. The summed E-state index contributed by atoms with van der Waals surface area (Å²) < 4.78 is 9.11. The molecule has 0 saturated heterocycles. The van der Waals surface area contributed by atoms with E-state index in [9.17, 15) is 4.79 Å². The fourth-order valence-electron chi connectivity index (χ4n) is 0.759. The summed E-state index contributed by atoms with van der Waals surface area (Å²) in [5.41, 5.74) is 0. The Kier molecular flexibility index (Phi) is 17.1. The molecule has 0 fully saturated rings. The monoisotopic (exact) mass is 245 g/mol.